The van der Waals surface area contributed by atoms with E-state index in [9.17, 15) is 4.79 Å². The molecule has 0 saturated carbocycles. The summed E-state index contributed by atoms with van der Waals surface area (Å²) in [4.78, 5) is 14.7. The van der Waals surface area contributed by atoms with Gasteiger partial charge in [0.15, 0.2) is 0 Å². The van der Waals surface area contributed by atoms with E-state index in [1.54, 1.807) is 0 Å². The monoisotopic (exact) mass is 290 g/mol. The number of nitrogens with zero attached hydrogens (tertiary/aromatic N) is 1. The third-order valence-electron chi connectivity index (χ3n) is 4.31. The van der Waals surface area contributed by atoms with Gasteiger partial charge in [-0.15, -0.1) is 0 Å². The molecule has 1 aliphatic rings. The minimum atomic E-state index is -0.137. The Balaban J connectivity index is 1.98. The van der Waals surface area contributed by atoms with Crippen LogP contribution < -0.4 is 5.73 Å². The highest BCUT2D eigenvalue weighted by atomic mass is 16.3. The van der Waals surface area contributed by atoms with Gasteiger partial charge in [-0.05, 0) is 37.7 Å². The molecule has 2 rings (SSSR count). The number of benzene rings is 1. The van der Waals surface area contributed by atoms with Crippen LogP contribution in [0.15, 0.2) is 30.3 Å². The second kappa shape index (κ2) is 8.15. The predicted molar refractivity (Wildman–Crippen MR) is 83.7 cm³/mol. The Morgan fingerprint density at radius 1 is 1.38 bits per heavy atom. The number of aliphatic hydroxyl groups excluding tert-OH is 1. The van der Waals surface area contributed by atoms with Crippen molar-refractivity contribution in [2.75, 3.05) is 19.7 Å². The van der Waals surface area contributed by atoms with Gasteiger partial charge >= 0.3 is 0 Å². The van der Waals surface area contributed by atoms with E-state index in [4.69, 9.17) is 10.8 Å². The minimum absolute atomic E-state index is 0.137. The second-order valence-corrected chi connectivity index (χ2v) is 5.82. The van der Waals surface area contributed by atoms with Gasteiger partial charge in [0.1, 0.15) is 0 Å². The lowest BCUT2D eigenvalue weighted by molar-refractivity contribution is -0.136. The standard InChI is InChI=1S/C17H26N2O2/c18-13-15(12-14-6-2-1-3-7-14)17(21)19-10-4-8-16(19)9-5-11-20/h1-3,6-7,15-16,20H,4-5,8-13,18H2. The number of hydrogen-bond donors (Lipinski definition) is 2. The molecule has 4 nitrogen and oxygen atoms in total. The van der Waals surface area contributed by atoms with E-state index in [0.717, 1.165) is 37.8 Å². The highest BCUT2D eigenvalue weighted by Crippen LogP contribution is 2.24. The lowest BCUT2D eigenvalue weighted by Gasteiger charge is -2.28. The van der Waals surface area contributed by atoms with Gasteiger partial charge in [0.25, 0.3) is 0 Å². The van der Waals surface area contributed by atoms with Gasteiger partial charge in [-0.1, -0.05) is 30.3 Å². The largest absolute Gasteiger partial charge is 0.396 e. The van der Waals surface area contributed by atoms with Crippen molar-refractivity contribution in [3.05, 3.63) is 35.9 Å². The first kappa shape index (κ1) is 16.0. The topological polar surface area (TPSA) is 66.6 Å². The van der Waals surface area contributed by atoms with Crippen molar-refractivity contribution in [2.45, 2.75) is 38.1 Å². The summed E-state index contributed by atoms with van der Waals surface area (Å²) in [5.41, 5.74) is 7.01. The Hall–Kier alpha value is -1.39. The molecule has 1 heterocycles. The van der Waals surface area contributed by atoms with Crippen molar-refractivity contribution in [1.29, 1.82) is 0 Å². The molecular formula is C17H26N2O2. The van der Waals surface area contributed by atoms with E-state index in [0.29, 0.717) is 13.0 Å². The Labute approximate surface area is 126 Å². The molecule has 1 aliphatic heterocycles. The van der Waals surface area contributed by atoms with Crippen LogP contribution >= 0.6 is 0 Å². The summed E-state index contributed by atoms with van der Waals surface area (Å²) in [6, 6.07) is 10.3. The molecule has 1 amide bonds. The lowest BCUT2D eigenvalue weighted by atomic mass is 9.97. The number of carbonyl (C=O) groups excluding carboxylic acids is 1. The second-order valence-electron chi connectivity index (χ2n) is 5.82. The molecule has 1 aromatic carbocycles. The number of rotatable bonds is 7. The first-order valence-electron chi connectivity index (χ1n) is 7.91. The summed E-state index contributed by atoms with van der Waals surface area (Å²) in [7, 11) is 0. The number of likely N-dealkylation sites (tertiary alicyclic amines) is 1. The van der Waals surface area contributed by atoms with Crippen LogP contribution in [0.5, 0.6) is 0 Å². The number of nitrogens with two attached hydrogens (primary N) is 1. The van der Waals surface area contributed by atoms with E-state index in [1.165, 1.54) is 0 Å². The van der Waals surface area contributed by atoms with Crippen molar-refractivity contribution < 1.29 is 9.90 Å². The normalized spacial score (nSPS) is 19.7. The lowest BCUT2D eigenvalue weighted by Crippen LogP contribution is -2.42. The molecule has 116 valence electrons. The van der Waals surface area contributed by atoms with E-state index in [-0.39, 0.29) is 24.5 Å². The number of aliphatic hydroxyl groups is 1. The molecule has 1 saturated heterocycles. The fourth-order valence-corrected chi connectivity index (χ4v) is 3.16. The molecule has 21 heavy (non-hydrogen) atoms. The zero-order valence-electron chi connectivity index (χ0n) is 12.6. The average Bonchev–Trinajstić information content (AvgIpc) is 2.99. The number of amides is 1. The maximum atomic E-state index is 12.7. The summed E-state index contributed by atoms with van der Waals surface area (Å²) in [5, 5.41) is 8.98. The molecule has 0 aliphatic carbocycles. The highest BCUT2D eigenvalue weighted by Gasteiger charge is 2.32. The molecule has 2 atom stereocenters. The van der Waals surface area contributed by atoms with E-state index < -0.39 is 0 Å². The molecule has 1 fully saturated rings. The fraction of sp³-hybridized carbons (Fsp3) is 0.588. The van der Waals surface area contributed by atoms with Crippen LogP contribution in [-0.2, 0) is 11.2 Å². The third-order valence-corrected chi connectivity index (χ3v) is 4.31. The van der Waals surface area contributed by atoms with Gasteiger partial charge in [0.2, 0.25) is 5.91 Å². The molecule has 2 unspecified atom stereocenters. The molecule has 3 N–H and O–H groups in total. The van der Waals surface area contributed by atoms with Crippen LogP contribution in [0.3, 0.4) is 0 Å². The third kappa shape index (κ3) is 4.29. The van der Waals surface area contributed by atoms with Crippen molar-refractivity contribution in [2.24, 2.45) is 11.7 Å². The maximum Gasteiger partial charge on any atom is 0.227 e. The van der Waals surface area contributed by atoms with Gasteiger partial charge < -0.3 is 15.7 Å². The Morgan fingerprint density at radius 3 is 2.81 bits per heavy atom. The van der Waals surface area contributed by atoms with Crippen LogP contribution in [0.1, 0.15) is 31.2 Å². The van der Waals surface area contributed by atoms with Gasteiger partial charge in [0, 0.05) is 25.7 Å². The summed E-state index contributed by atoms with van der Waals surface area (Å²) >= 11 is 0. The molecule has 0 spiro atoms. The Bertz CT molecular complexity index is 436. The van der Waals surface area contributed by atoms with Gasteiger partial charge in [-0.3, -0.25) is 4.79 Å². The van der Waals surface area contributed by atoms with Crippen LogP contribution in [0, 0.1) is 5.92 Å². The Kier molecular flexibility index (Phi) is 6.21. The number of hydrogen-bond acceptors (Lipinski definition) is 3. The molecule has 4 heteroatoms. The van der Waals surface area contributed by atoms with Crippen molar-refractivity contribution >= 4 is 5.91 Å². The van der Waals surface area contributed by atoms with E-state index in [2.05, 4.69) is 0 Å². The zero-order chi connectivity index (χ0) is 15.1. The Morgan fingerprint density at radius 2 is 2.14 bits per heavy atom. The minimum Gasteiger partial charge on any atom is -0.396 e. The predicted octanol–water partition coefficient (Wildman–Crippen LogP) is 1.57. The molecular weight excluding hydrogens is 264 g/mol. The van der Waals surface area contributed by atoms with Crippen LogP contribution in [0.4, 0.5) is 0 Å². The fourth-order valence-electron chi connectivity index (χ4n) is 3.16. The van der Waals surface area contributed by atoms with Crippen molar-refractivity contribution in [3.63, 3.8) is 0 Å². The summed E-state index contributed by atoms with van der Waals surface area (Å²) in [5.74, 6) is 0.0453. The van der Waals surface area contributed by atoms with Crippen LogP contribution in [0.2, 0.25) is 0 Å². The molecule has 0 radical (unpaired) electrons. The summed E-state index contributed by atoms with van der Waals surface area (Å²) in [6.07, 6.45) is 4.48. The summed E-state index contributed by atoms with van der Waals surface area (Å²) < 4.78 is 0. The molecule has 0 aromatic heterocycles. The maximum absolute atomic E-state index is 12.7. The molecule has 1 aromatic rings. The summed E-state index contributed by atoms with van der Waals surface area (Å²) in [6.45, 7) is 1.42. The van der Waals surface area contributed by atoms with Gasteiger partial charge in [-0.2, -0.15) is 0 Å². The SMILES string of the molecule is NCC(Cc1ccccc1)C(=O)N1CCCC1CCCO. The van der Waals surface area contributed by atoms with Gasteiger partial charge in [0.05, 0.1) is 5.92 Å². The average molecular weight is 290 g/mol. The van der Waals surface area contributed by atoms with Crippen LogP contribution in [0.25, 0.3) is 0 Å². The first-order valence-corrected chi connectivity index (χ1v) is 7.91. The first-order chi connectivity index (χ1) is 10.3. The highest BCUT2D eigenvalue weighted by molar-refractivity contribution is 5.80. The van der Waals surface area contributed by atoms with Crippen molar-refractivity contribution in [3.8, 4) is 0 Å². The smallest absolute Gasteiger partial charge is 0.227 e. The number of carbonyl (C=O) groups is 1. The van der Waals surface area contributed by atoms with Gasteiger partial charge in [-0.25, -0.2) is 0 Å². The van der Waals surface area contributed by atoms with E-state index >= 15 is 0 Å². The quantitative estimate of drug-likeness (QED) is 0.801. The van der Waals surface area contributed by atoms with Crippen LogP contribution in [-0.4, -0.2) is 41.7 Å². The van der Waals surface area contributed by atoms with E-state index in [1.807, 2.05) is 35.2 Å². The molecule has 0 bridgehead atoms. The zero-order valence-corrected chi connectivity index (χ0v) is 12.6. The van der Waals surface area contributed by atoms with Crippen molar-refractivity contribution in [1.82, 2.24) is 4.90 Å².